The molecule has 9 heteroatoms. The molecule has 3 unspecified atom stereocenters. The fraction of sp³-hybridized carbons (Fsp3) is 0.538. The molecule has 0 saturated carbocycles. The Hall–Kier alpha value is -1.07. The van der Waals surface area contributed by atoms with E-state index in [1.807, 2.05) is 0 Å². The minimum Gasteiger partial charge on any atom is -0.387 e. The van der Waals surface area contributed by atoms with Crippen LogP contribution in [0.3, 0.4) is 0 Å². The van der Waals surface area contributed by atoms with Gasteiger partial charge in [0.05, 0.1) is 11.5 Å². The van der Waals surface area contributed by atoms with Gasteiger partial charge in [0.15, 0.2) is 6.29 Å². The molecule has 0 bridgehead atoms. The van der Waals surface area contributed by atoms with Gasteiger partial charge in [-0.3, -0.25) is 4.18 Å². The summed E-state index contributed by atoms with van der Waals surface area (Å²) >= 11 is 0. The summed E-state index contributed by atoms with van der Waals surface area (Å²) in [5.74, 6) is 0. The maximum atomic E-state index is 12.0. The highest BCUT2D eigenvalue weighted by atomic mass is 32.2. The Balaban J connectivity index is 2.04. The van der Waals surface area contributed by atoms with Gasteiger partial charge >= 0.3 is 0 Å². The van der Waals surface area contributed by atoms with Crippen molar-refractivity contribution in [1.29, 1.82) is 0 Å². The minimum absolute atomic E-state index is 0.0652. The zero-order valence-electron chi connectivity index (χ0n) is 11.7. The third kappa shape index (κ3) is 3.63. The lowest BCUT2D eigenvalue weighted by Gasteiger charge is -2.37. The van der Waals surface area contributed by atoms with Crippen LogP contribution >= 0.6 is 0 Å². The number of rotatable bonds is 4. The van der Waals surface area contributed by atoms with Gasteiger partial charge in [0.2, 0.25) is 0 Å². The zero-order valence-corrected chi connectivity index (χ0v) is 12.5. The minimum atomic E-state index is -4.07. The molecule has 0 aliphatic carbocycles. The number of aryl methyl sites for hydroxylation is 1. The molecule has 1 fully saturated rings. The molecule has 4 N–H and O–H groups in total. The molecule has 1 aromatic carbocycles. The molecule has 22 heavy (non-hydrogen) atoms. The van der Waals surface area contributed by atoms with Crippen LogP contribution in [0.25, 0.3) is 0 Å². The van der Waals surface area contributed by atoms with Crippen molar-refractivity contribution in [3.05, 3.63) is 29.8 Å². The first-order valence-electron chi connectivity index (χ1n) is 6.56. The van der Waals surface area contributed by atoms with Crippen LogP contribution in [0.4, 0.5) is 0 Å². The van der Waals surface area contributed by atoms with E-state index in [-0.39, 0.29) is 4.90 Å². The van der Waals surface area contributed by atoms with Crippen molar-refractivity contribution in [3.63, 3.8) is 0 Å². The van der Waals surface area contributed by atoms with Crippen LogP contribution in [0.15, 0.2) is 29.2 Å². The summed E-state index contributed by atoms with van der Waals surface area (Å²) in [4.78, 5) is -0.0652. The molecule has 0 aromatic heterocycles. The summed E-state index contributed by atoms with van der Waals surface area (Å²) in [6, 6.07) is 5.95. The van der Waals surface area contributed by atoms with Gasteiger partial charge in [-0.25, -0.2) is 0 Å². The lowest BCUT2D eigenvalue weighted by Crippen LogP contribution is -2.58. The van der Waals surface area contributed by atoms with Gasteiger partial charge in [0, 0.05) is 0 Å². The topological polar surface area (TPSA) is 134 Å². The molecule has 5 atom stereocenters. The molecule has 1 aliphatic heterocycles. The van der Waals surface area contributed by atoms with Crippen LogP contribution in [0, 0.1) is 6.92 Å². The predicted octanol–water partition coefficient (Wildman–Crippen LogP) is -1.50. The Morgan fingerprint density at radius 1 is 1.05 bits per heavy atom. The van der Waals surface area contributed by atoms with Crippen molar-refractivity contribution in [2.24, 2.45) is 0 Å². The summed E-state index contributed by atoms with van der Waals surface area (Å²) in [7, 11) is -4.07. The fourth-order valence-electron chi connectivity index (χ4n) is 2.00. The summed E-state index contributed by atoms with van der Waals surface area (Å²) in [5, 5.41) is 37.9. The predicted molar refractivity (Wildman–Crippen MR) is 73.2 cm³/mol. The van der Waals surface area contributed by atoms with E-state index in [2.05, 4.69) is 0 Å². The average molecular weight is 334 g/mol. The van der Waals surface area contributed by atoms with Gasteiger partial charge in [0.1, 0.15) is 24.4 Å². The highest BCUT2D eigenvalue weighted by Crippen LogP contribution is 2.21. The van der Waals surface area contributed by atoms with Gasteiger partial charge in [-0.1, -0.05) is 17.7 Å². The molecule has 0 radical (unpaired) electrons. The highest BCUT2D eigenvalue weighted by molar-refractivity contribution is 7.86. The summed E-state index contributed by atoms with van der Waals surface area (Å²) in [5.41, 5.74) is 0.880. The maximum Gasteiger partial charge on any atom is 0.297 e. The molecule has 0 spiro atoms. The summed E-state index contributed by atoms with van der Waals surface area (Å²) < 4.78 is 33.6. The number of aliphatic hydroxyl groups excluding tert-OH is 4. The average Bonchev–Trinajstić information content (AvgIpc) is 2.48. The van der Waals surface area contributed by atoms with Crippen molar-refractivity contribution in [2.45, 2.75) is 42.5 Å². The number of hydrogen-bond acceptors (Lipinski definition) is 8. The lowest BCUT2D eigenvalue weighted by molar-refractivity contribution is -0.285. The van der Waals surface area contributed by atoms with Gasteiger partial charge in [-0.15, -0.1) is 0 Å². The molecule has 1 saturated heterocycles. The van der Waals surface area contributed by atoms with Crippen molar-refractivity contribution in [2.75, 3.05) is 6.61 Å². The van der Waals surface area contributed by atoms with E-state index in [0.717, 1.165) is 5.56 Å². The van der Waals surface area contributed by atoms with Crippen LogP contribution in [0.5, 0.6) is 0 Å². The molecular weight excluding hydrogens is 316 g/mol. The molecule has 1 aromatic rings. The molecule has 2 rings (SSSR count). The van der Waals surface area contributed by atoms with E-state index in [4.69, 9.17) is 8.92 Å². The first-order chi connectivity index (χ1) is 10.2. The Kier molecular flexibility index (Phi) is 5.17. The van der Waals surface area contributed by atoms with Gasteiger partial charge in [-0.05, 0) is 19.1 Å². The highest BCUT2D eigenvalue weighted by Gasteiger charge is 2.43. The molecule has 8 nitrogen and oxygen atoms in total. The maximum absolute atomic E-state index is 12.0. The summed E-state index contributed by atoms with van der Waals surface area (Å²) in [6.45, 7) is 1.19. The van der Waals surface area contributed by atoms with Crippen molar-refractivity contribution < 1.29 is 37.8 Å². The van der Waals surface area contributed by atoms with Gasteiger partial charge in [0.25, 0.3) is 10.1 Å². The third-order valence-electron chi connectivity index (χ3n) is 3.38. The third-order valence-corrected chi connectivity index (χ3v) is 4.68. The second-order valence-corrected chi connectivity index (χ2v) is 6.70. The second kappa shape index (κ2) is 6.59. The van der Waals surface area contributed by atoms with E-state index in [9.17, 15) is 28.8 Å². The van der Waals surface area contributed by atoms with Gasteiger partial charge < -0.3 is 25.2 Å². The Morgan fingerprint density at radius 3 is 2.23 bits per heavy atom. The Bertz CT molecular complexity index is 599. The standard InChI is InChI=1S/C13H18O8S/c1-7-2-4-8(5-3-7)22(18,19)20-6-9-10(14)11(15)12(16)13(17)21-9/h2-5,9-17H,6H2,1H3/t9?,10-,11?,12?,13+/m1/s1. The zero-order chi connectivity index (χ0) is 16.5. The van der Waals surface area contributed by atoms with Crippen LogP contribution in [0.2, 0.25) is 0 Å². The number of benzene rings is 1. The smallest absolute Gasteiger partial charge is 0.297 e. The molecule has 0 amide bonds. The Labute approximate surface area is 127 Å². The quantitative estimate of drug-likeness (QED) is 0.489. The largest absolute Gasteiger partial charge is 0.387 e. The second-order valence-electron chi connectivity index (χ2n) is 5.09. The number of aliphatic hydroxyl groups is 4. The van der Waals surface area contributed by atoms with Crippen molar-refractivity contribution >= 4 is 10.1 Å². The summed E-state index contributed by atoms with van der Waals surface area (Å²) in [6.07, 6.45) is -7.98. The van der Waals surface area contributed by atoms with Crippen LogP contribution in [-0.2, 0) is 19.0 Å². The Morgan fingerprint density at radius 2 is 1.64 bits per heavy atom. The number of hydrogen-bond donors (Lipinski definition) is 4. The van der Waals surface area contributed by atoms with E-state index in [1.165, 1.54) is 12.1 Å². The lowest BCUT2D eigenvalue weighted by atomic mass is 10.00. The monoisotopic (exact) mass is 334 g/mol. The molecule has 124 valence electrons. The van der Waals surface area contributed by atoms with Gasteiger partial charge in [-0.2, -0.15) is 8.42 Å². The molecule has 1 aliphatic rings. The van der Waals surface area contributed by atoms with Crippen molar-refractivity contribution in [3.8, 4) is 0 Å². The van der Waals surface area contributed by atoms with Crippen LogP contribution in [-0.4, -0.2) is 66.2 Å². The van der Waals surface area contributed by atoms with Crippen LogP contribution in [0.1, 0.15) is 5.56 Å². The number of ether oxygens (including phenoxy) is 1. The van der Waals surface area contributed by atoms with E-state index in [1.54, 1.807) is 19.1 Å². The molecular formula is C13H18O8S. The SMILES string of the molecule is Cc1ccc(S(=O)(=O)OCC2O[C@H](O)C(O)C(O)[C@@H]2O)cc1. The van der Waals surface area contributed by atoms with Crippen LogP contribution < -0.4 is 0 Å². The van der Waals surface area contributed by atoms with E-state index in [0.29, 0.717) is 0 Å². The van der Waals surface area contributed by atoms with E-state index >= 15 is 0 Å². The fourth-order valence-corrected chi connectivity index (χ4v) is 2.92. The van der Waals surface area contributed by atoms with E-state index < -0.39 is 47.4 Å². The molecule has 1 heterocycles. The van der Waals surface area contributed by atoms with Crippen molar-refractivity contribution in [1.82, 2.24) is 0 Å². The first kappa shape index (κ1) is 17.3. The first-order valence-corrected chi connectivity index (χ1v) is 7.97. The normalized spacial score (nSPS) is 32.9.